The van der Waals surface area contributed by atoms with E-state index in [1.165, 1.54) is 14.1 Å². The number of carbonyl (C=O) groups excluding carboxylic acids is 2. The molecule has 0 bridgehead atoms. The standard InChI is InChI=1S/C4H8N2O2.C2H4O2/c1-6(2)4(8)3(5)7;1-2(3)4/h1-2H3,(H2,5,7);1H3,(H,3,4). The number of rotatable bonds is 0. The number of nitrogens with zero attached hydrogens (tertiary/aromatic N) is 1. The summed E-state index contributed by atoms with van der Waals surface area (Å²) in [5.74, 6) is -2.43. The number of primary amides is 1. The number of likely N-dealkylation sites (N-methyl/N-ethyl adjacent to an activating group) is 1. The first kappa shape index (κ1) is 13.0. The van der Waals surface area contributed by atoms with Gasteiger partial charge in [0.05, 0.1) is 0 Å². The van der Waals surface area contributed by atoms with Crippen molar-refractivity contribution in [2.75, 3.05) is 14.1 Å². The molecule has 3 N–H and O–H groups in total. The van der Waals surface area contributed by atoms with Crippen molar-refractivity contribution in [2.24, 2.45) is 5.73 Å². The van der Waals surface area contributed by atoms with Crippen LogP contribution in [0.2, 0.25) is 0 Å². The Hall–Kier alpha value is -1.59. The molecule has 6 nitrogen and oxygen atoms in total. The summed E-state index contributed by atoms with van der Waals surface area (Å²) in [6.45, 7) is 1.08. The van der Waals surface area contributed by atoms with Crippen LogP contribution in [0.5, 0.6) is 0 Å². The lowest BCUT2D eigenvalue weighted by atomic mass is 10.5. The highest BCUT2D eigenvalue weighted by Crippen LogP contribution is 1.72. The Morgan fingerprint density at radius 1 is 1.25 bits per heavy atom. The molecule has 0 radical (unpaired) electrons. The number of carbonyl (C=O) groups is 3. The number of aliphatic carboxylic acids is 1. The van der Waals surface area contributed by atoms with Crippen LogP contribution in [-0.2, 0) is 14.4 Å². The van der Waals surface area contributed by atoms with Gasteiger partial charge in [-0.2, -0.15) is 0 Å². The average molecular weight is 176 g/mol. The predicted molar refractivity (Wildman–Crippen MR) is 41.2 cm³/mol. The van der Waals surface area contributed by atoms with Crippen LogP contribution in [0.15, 0.2) is 0 Å². The van der Waals surface area contributed by atoms with Crippen molar-refractivity contribution in [1.29, 1.82) is 0 Å². The number of amides is 2. The second-order valence-electron chi connectivity index (χ2n) is 2.08. The van der Waals surface area contributed by atoms with Crippen molar-refractivity contribution in [3.63, 3.8) is 0 Å². The van der Waals surface area contributed by atoms with Gasteiger partial charge in [0.15, 0.2) is 0 Å². The van der Waals surface area contributed by atoms with Crippen LogP contribution in [-0.4, -0.2) is 41.9 Å². The fraction of sp³-hybridized carbons (Fsp3) is 0.500. The summed E-state index contributed by atoms with van der Waals surface area (Å²) in [5, 5.41) is 7.42. The molecule has 0 saturated heterocycles. The van der Waals surface area contributed by atoms with E-state index in [0.29, 0.717) is 0 Å². The van der Waals surface area contributed by atoms with E-state index in [0.717, 1.165) is 11.8 Å². The molecule has 0 aliphatic rings. The molecule has 12 heavy (non-hydrogen) atoms. The lowest BCUT2D eigenvalue weighted by Gasteiger charge is -2.04. The van der Waals surface area contributed by atoms with E-state index < -0.39 is 17.8 Å². The van der Waals surface area contributed by atoms with Crippen molar-refractivity contribution in [2.45, 2.75) is 6.92 Å². The van der Waals surface area contributed by atoms with E-state index in [1.807, 2.05) is 0 Å². The van der Waals surface area contributed by atoms with Gasteiger partial charge in [0.25, 0.3) is 5.97 Å². The summed E-state index contributed by atoms with van der Waals surface area (Å²) < 4.78 is 0. The first-order chi connectivity index (χ1) is 5.29. The van der Waals surface area contributed by atoms with Gasteiger partial charge in [-0.1, -0.05) is 0 Å². The van der Waals surface area contributed by atoms with Crippen LogP contribution in [0.1, 0.15) is 6.92 Å². The number of carboxylic acids is 1. The Bertz CT molecular complexity index is 184. The molecule has 0 atom stereocenters. The maximum atomic E-state index is 10.3. The van der Waals surface area contributed by atoms with Gasteiger partial charge in [-0.3, -0.25) is 14.4 Å². The highest BCUT2D eigenvalue weighted by atomic mass is 16.4. The third-order valence-corrected chi connectivity index (χ3v) is 0.617. The molecular weight excluding hydrogens is 164 g/mol. The van der Waals surface area contributed by atoms with E-state index in [2.05, 4.69) is 5.73 Å². The van der Waals surface area contributed by atoms with Crippen molar-refractivity contribution in [1.82, 2.24) is 4.90 Å². The van der Waals surface area contributed by atoms with Crippen LogP contribution in [0, 0.1) is 0 Å². The molecule has 0 saturated carbocycles. The fourth-order valence-electron chi connectivity index (χ4n) is 0.220. The van der Waals surface area contributed by atoms with E-state index in [4.69, 9.17) is 9.90 Å². The van der Waals surface area contributed by atoms with E-state index in [-0.39, 0.29) is 0 Å². The van der Waals surface area contributed by atoms with Gasteiger partial charge in [-0.25, -0.2) is 0 Å². The highest BCUT2D eigenvalue weighted by Gasteiger charge is 2.08. The molecule has 70 valence electrons. The fourth-order valence-corrected chi connectivity index (χ4v) is 0.220. The summed E-state index contributed by atoms with van der Waals surface area (Å²) in [6, 6.07) is 0. The van der Waals surface area contributed by atoms with Gasteiger partial charge < -0.3 is 15.7 Å². The summed E-state index contributed by atoms with van der Waals surface area (Å²) in [5.41, 5.74) is 4.61. The molecule has 0 aromatic carbocycles. The van der Waals surface area contributed by atoms with Gasteiger partial charge in [-0.05, 0) is 0 Å². The topological polar surface area (TPSA) is 101 Å². The lowest BCUT2D eigenvalue weighted by Crippen LogP contribution is -2.34. The van der Waals surface area contributed by atoms with E-state index in [1.54, 1.807) is 0 Å². The highest BCUT2D eigenvalue weighted by molar-refractivity contribution is 6.34. The maximum Gasteiger partial charge on any atom is 0.311 e. The summed E-state index contributed by atoms with van der Waals surface area (Å²) in [6.07, 6.45) is 0. The molecular formula is C6H12N2O4. The van der Waals surface area contributed by atoms with Crippen LogP contribution < -0.4 is 5.73 Å². The summed E-state index contributed by atoms with van der Waals surface area (Å²) in [4.78, 5) is 30.4. The molecule has 0 aromatic rings. The number of hydrogen-bond acceptors (Lipinski definition) is 3. The van der Waals surface area contributed by atoms with Crippen LogP contribution in [0.25, 0.3) is 0 Å². The lowest BCUT2D eigenvalue weighted by molar-refractivity contribution is -0.142. The smallest absolute Gasteiger partial charge is 0.311 e. The largest absolute Gasteiger partial charge is 0.481 e. The van der Waals surface area contributed by atoms with Crippen molar-refractivity contribution in [3.05, 3.63) is 0 Å². The van der Waals surface area contributed by atoms with Gasteiger partial charge in [0.2, 0.25) is 0 Å². The molecule has 0 spiro atoms. The number of hydrogen-bond donors (Lipinski definition) is 2. The average Bonchev–Trinajstić information content (AvgIpc) is 1.84. The predicted octanol–water partition coefficient (Wildman–Crippen LogP) is -1.35. The van der Waals surface area contributed by atoms with Crippen LogP contribution >= 0.6 is 0 Å². The molecule has 0 heterocycles. The zero-order valence-electron chi connectivity index (χ0n) is 7.20. The quantitative estimate of drug-likeness (QED) is 0.445. The van der Waals surface area contributed by atoms with Crippen LogP contribution in [0.3, 0.4) is 0 Å². The molecule has 0 aliphatic heterocycles. The third kappa shape index (κ3) is 11.2. The minimum Gasteiger partial charge on any atom is -0.481 e. The summed E-state index contributed by atoms with van der Waals surface area (Å²) >= 11 is 0. The molecule has 0 aromatic heterocycles. The minimum absolute atomic E-state index is 0.676. The maximum absolute atomic E-state index is 10.3. The van der Waals surface area contributed by atoms with Gasteiger partial charge >= 0.3 is 11.8 Å². The molecule has 0 fully saturated rings. The van der Waals surface area contributed by atoms with E-state index in [9.17, 15) is 9.59 Å². The Kier molecular flexibility index (Phi) is 6.67. The Morgan fingerprint density at radius 2 is 1.50 bits per heavy atom. The third-order valence-electron chi connectivity index (χ3n) is 0.617. The van der Waals surface area contributed by atoms with Crippen molar-refractivity contribution < 1.29 is 19.5 Å². The zero-order valence-corrected chi connectivity index (χ0v) is 7.20. The van der Waals surface area contributed by atoms with Crippen molar-refractivity contribution in [3.8, 4) is 0 Å². The first-order valence-electron chi connectivity index (χ1n) is 2.99. The number of carboxylic acid groups (broad SMARTS) is 1. The van der Waals surface area contributed by atoms with Gasteiger partial charge in [0.1, 0.15) is 0 Å². The van der Waals surface area contributed by atoms with E-state index >= 15 is 0 Å². The minimum atomic E-state index is -0.921. The number of nitrogens with two attached hydrogens (primary N) is 1. The monoisotopic (exact) mass is 176 g/mol. The molecule has 0 rings (SSSR count). The zero-order chi connectivity index (χ0) is 10.3. The SMILES string of the molecule is CC(=O)O.CN(C)C(=O)C(N)=O. The van der Waals surface area contributed by atoms with Crippen molar-refractivity contribution >= 4 is 17.8 Å². The van der Waals surface area contributed by atoms with Crippen LogP contribution in [0.4, 0.5) is 0 Å². The molecule has 0 unspecified atom stereocenters. The summed E-state index contributed by atoms with van der Waals surface area (Å²) in [7, 11) is 2.93. The molecule has 0 aliphatic carbocycles. The Morgan fingerprint density at radius 3 is 1.50 bits per heavy atom. The molecule has 6 heteroatoms. The Labute approximate surface area is 69.9 Å². The normalized spacial score (nSPS) is 7.58. The van der Waals surface area contributed by atoms with Gasteiger partial charge in [0, 0.05) is 21.0 Å². The Balaban J connectivity index is 0. The molecule has 2 amide bonds. The first-order valence-corrected chi connectivity index (χ1v) is 2.99. The second-order valence-corrected chi connectivity index (χ2v) is 2.08. The second kappa shape index (κ2) is 6.14. The van der Waals surface area contributed by atoms with Gasteiger partial charge in [-0.15, -0.1) is 0 Å².